The summed E-state index contributed by atoms with van der Waals surface area (Å²) in [5.41, 5.74) is 0. The maximum atomic E-state index is 12.4. The Bertz CT molecular complexity index is 529. The van der Waals surface area contributed by atoms with E-state index in [0.717, 1.165) is 17.8 Å². The Kier molecular flexibility index (Phi) is 7.10. The molecule has 0 amide bonds. The summed E-state index contributed by atoms with van der Waals surface area (Å²) >= 11 is 4.78. The van der Waals surface area contributed by atoms with Gasteiger partial charge >= 0.3 is 0 Å². The lowest BCUT2D eigenvalue weighted by Crippen LogP contribution is -2.34. The van der Waals surface area contributed by atoms with Gasteiger partial charge in [-0.15, -0.1) is 11.3 Å². The number of thiophene rings is 1. The highest BCUT2D eigenvalue weighted by atomic mass is 79.9. The molecule has 0 saturated heterocycles. The molecule has 1 rings (SSSR count). The highest BCUT2D eigenvalue weighted by Gasteiger charge is 2.22. The molecular formula is C12H22BrN3O2S2. The molecule has 20 heavy (non-hydrogen) atoms. The zero-order valence-electron chi connectivity index (χ0n) is 12.2. The lowest BCUT2D eigenvalue weighted by molar-refractivity contribution is 0.379. The highest BCUT2D eigenvalue weighted by Crippen LogP contribution is 2.31. The quantitative estimate of drug-likeness (QED) is 0.718. The zero-order valence-corrected chi connectivity index (χ0v) is 15.5. The molecular weight excluding hydrogens is 362 g/mol. The van der Waals surface area contributed by atoms with Crippen LogP contribution >= 0.6 is 27.3 Å². The van der Waals surface area contributed by atoms with Crippen molar-refractivity contribution in [3.8, 4) is 0 Å². The minimum Gasteiger partial charge on any atom is -0.315 e. The van der Waals surface area contributed by atoms with Crippen LogP contribution < -0.4 is 10.0 Å². The van der Waals surface area contributed by atoms with Gasteiger partial charge in [0.05, 0.1) is 3.79 Å². The van der Waals surface area contributed by atoms with Crippen molar-refractivity contribution in [1.29, 1.82) is 0 Å². The fourth-order valence-corrected chi connectivity index (χ4v) is 5.65. The normalized spacial score (nSPS) is 13.9. The van der Waals surface area contributed by atoms with Gasteiger partial charge < -0.3 is 10.2 Å². The first-order chi connectivity index (χ1) is 9.26. The van der Waals surface area contributed by atoms with Gasteiger partial charge in [0.1, 0.15) is 4.90 Å². The fraction of sp³-hybridized carbons (Fsp3) is 0.667. The van der Waals surface area contributed by atoms with Crippen LogP contribution in [0.4, 0.5) is 0 Å². The van der Waals surface area contributed by atoms with Crippen LogP contribution in [0.5, 0.6) is 0 Å². The van der Waals surface area contributed by atoms with Crippen molar-refractivity contribution in [3.63, 3.8) is 0 Å². The summed E-state index contributed by atoms with van der Waals surface area (Å²) in [5.74, 6) is 0. The summed E-state index contributed by atoms with van der Waals surface area (Å²) in [6.07, 6.45) is 0.775. The summed E-state index contributed by atoms with van der Waals surface area (Å²) in [6, 6.07) is 1.62. The van der Waals surface area contributed by atoms with Crippen molar-refractivity contribution in [2.75, 3.05) is 27.7 Å². The van der Waals surface area contributed by atoms with E-state index < -0.39 is 10.0 Å². The minimum atomic E-state index is -3.47. The largest absolute Gasteiger partial charge is 0.315 e. The average Bonchev–Trinajstić information content (AvgIpc) is 2.68. The summed E-state index contributed by atoms with van der Waals surface area (Å²) in [6.45, 7) is 3.39. The van der Waals surface area contributed by atoms with Crippen molar-refractivity contribution >= 4 is 37.3 Å². The molecule has 0 bridgehead atoms. The molecule has 5 nitrogen and oxygen atoms in total. The predicted octanol–water partition coefficient (Wildman–Crippen LogP) is 1.85. The van der Waals surface area contributed by atoms with Gasteiger partial charge in [0, 0.05) is 17.5 Å². The standard InChI is InChI=1S/C12H22BrN3O2S2/c1-9(5-6-16(3)4)15-20(17,18)11-7-10(8-14-2)19-12(11)13/h7,9,14-15H,5-6,8H2,1-4H3. The van der Waals surface area contributed by atoms with Gasteiger partial charge in [-0.3, -0.25) is 0 Å². The van der Waals surface area contributed by atoms with Crippen LogP contribution in [0.1, 0.15) is 18.2 Å². The first kappa shape index (κ1) is 18.1. The number of halogens is 1. The molecule has 1 aromatic rings. The Hall–Kier alpha value is 0.01000. The lowest BCUT2D eigenvalue weighted by atomic mass is 10.2. The first-order valence-corrected chi connectivity index (χ1v) is 9.45. The highest BCUT2D eigenvalue weighted by molar-refractivity contribution is 9.11. The second-order valence-electron chi connectivity index (χ2n) is 5.00. The zero-order chi connectivity index (χ0) is 15.3. The Balaban J connectivity index is 2.77. The molecule has 2 N–H and O–H groups in total. The topological polar surface area (TPSA) is 61.4 Å². The Labute approximate surface area is 133 Å². The van der Waals surface area contributed by atoms with Crippen molar-refractivity contribution in [1.82, 2.24) is 14.9 Å². The lowest BCUT2D eigenvalue weighted by Gasteiger charge is -2.16. The van der Waals surface area contributed by atoms with Crippen LogP contribution in [0, 0.1) is 0 Å². The first-order valence-electron chi connectivity index (χ1n) is 6.36. The van der Waals surface area contributed by atoms with Crippen LogP contribution in [0.2, 0.25) is 0 Å². The third-order valence-corrected chi connectivity index (χ3v) is 6.55. The van der Waals surface area contributed by atoms with E-state index in [9.17, 15) is 8.42 Å². The van der Waals surface area contributed by atoms with Crippen molar-refractivity contribution in [2.24, 2.45) is 0 Å². The number of hydrogen-bond acceptors (Lipinski definition) is 5. The van der Waals surface area contributed by atoms with Gasteiger partial charge in [0.2, 0.25) is 10.0 Å². The van der Waals surface area contributed by atoms with E-state index in [1.807, 2.05) is 33.0 Å². The summed E-state index contributed by atoms with van der Waals surface area (Å²) in [5, 5.41) is 3.02. The van der Waals surface area contributed by atoms with Crippen molar-refractivity contribution in [3.05, 3.63) is 14.7 Å². The predicted molar refractivity (Wildman–Crippen MR) is 87.7 cm³/mol. The molecule has 0 saturated carbocycles. The number of nitrogens with zero attached hydrogens (tertiary/aromatic N) is 1. The summed E-state index contributed by atoms with van der Waals surface area (Å²) < 4.78 is 28.1. The second-order valence-corrected chi connectivity index (χ2v) is 9.13. The van der Waals surface area contributed by atoms with E-state index in [0.29, 0.717) is 15.2 Å². The van der Waals surface area contributed by atoms with E-state index in [4.69, 9.17) is 0 Å². The molecule has 0 aliphatic rings. The molecule has 116 valence electrons. The van der Waals surface area contributed by atoms with E-state index in [2.05, 4.69) is 26.0 Å². The monoisotopic (exact) mass is 383 g/mol. The van der Waals surface area contributed by atoms with Gasteiger partial charge in [-0.05, 0) is 63.0 Å². The molecule has 1 aromatic heterocycles. The molecule has 1 heterocycles. The summed E-state index contributed by atoms with van der Waals surface area (Å²) in [4.78, 5) is 3.35. The molecule has 0 aliphatic heterocycles. The second kappa shape index (κ2) is 7.86. The third kappa shape index (κ3) is 5.42. The fourth-order valence-electron chi connectivity index (χ4n) is 1.68. The molecule has 0 spiro atoms. The molecule has 0 fully saturated rings. The third-order valence-electron chi connectivity index (χ3n) is 2.71. The number of sulfonamides is 1. The van der Waals surface area contributed by atoms with E-state index in [-0.39, 0.29) is 6.04 Å². The van der Waals surface area contributed by atoms with E-state index >= 15 is 0 Å². The van der Waals surface area contributed by atoms with Crippen LogP contribution in [0.15, 0.2) is 14.7 Å². The molecule has 0 radical (unpaired) electrons. The molecule has 0 aromatic carbocycles. The molecule has 8 heteroatoms. The van der Waals surface area contributed by atoms with Crippen LogP contribution in [0.25, 0.3) is 0 Å². The van der Waals surface area contributed by atoms with Gasteiger partial charge in [0.15, 0.2) is 0 Å². The minimum absolute atomic E-state index is 0.0954. The number of hydrogen-bond donors (Lipinski definition) is 2. The Morgan fingerprint density at radius 1 is 1.45 bits per heavy atom. The molecule has 1 atom stereocenters. The van der Waals surface area contributed by atoms with Crippen LogP contribution in [0.3, 0.4) is 0 Å². The maximum absolute atomic E-state index is 12.4. The van der Waals surface area contributed by atoms with E-state index in [1.54, 1.807) is 6.07 Å². The van der Waals surface area contributed by atoms with Crippen molar-refractivity contribution in [2.45, 2.75) is 30.8 Å². The van der Waals surface area contributed by atoms with Gasteiger partial charge in [-0.25, -0.2) is 13.1 Å². The van der Waals surface area contributed by atoms with Gasteiger partial charge in [-0.2, -0.15) is 0 Å². The van der Waals surface area contributed by atoms with E-state index in [1.165, 1.54) is 11.3 Å². The molecule has 0 aliphatic carbocycles. The van der Waals surface area contributed by atoms with Crippen LogP contribution in [-0.2, 0) is 16.6 Å². The Morgan fingerprint density at radius 3 is 2.65 bits per heavy atom. The number of rotatable bonds is 8. The Morgan fingerprint density at radius 2 is 2.10 bits per heavy atom. The number of nitrogens with one attached hydrogen (secondary N) is 2. The van der Waals surface area contributed by atoms with Crippen LogP contribution in [-0.4, -0.2) is 47.0 Å². The molecule has 1 unspecified atom stereocenters. The van der Waals surface area contributed by atoms with Gasteiger partial charge in [0.25, 0.3) is 0 Å². The van der Waals surface area contributed by atoms with Gasteiger partial charge in [-0.1, -0.05) is 0 Å². The average molecular weight is 384 g/mol. The van der Waals surface area contributed by atoms with Crippen molar-refractivity contribution < 1.29 is 8.42 Å². The summed E-state index contributed by atoms with van der Waals surface area (Å²) in [7, 11) is 2.31. The smallest absolute Gasteiger partial charge is 0.242 e. The SMILES string of the molecule is CNCc1cc(S(=O)(=O)NC(C)CCN(C)C)c(Br)s1. The maximum Gasteiger partial charge on any atom is 0.242 e.